The van der Waals surface area contributed by atoms with Gasteiger partial charge in [-0.2, -0.15) is 5.26 Å². The van der Waals surface area contributed by atoms with Gasteiger partial charge in [-0.1, -0.05) is 17.7 Å². The van der Waals surface area contributed by atoms with E-state index in [9.17, 15) is 0 Å². The molecule has 0 aromatic heterocycles. The molecule has 0 heterocycles. The summed E-state index contributed by atoms with van der Waals surface area (Å²) in [6, 6.07) is 15.1. The molecule has 2 rings (SSSR count). The van der Waals surface area contributed by atoms with Crippen LogP contribution < -0.4 is 11.1 Å². The van der Waals surface area contributed by atoms with E-state index in [1.807, 2.05) is 36.4 Å². The van der Waals surface area contributed by atoms with Crippen LogP contribution >= 0.6 is 11.6 Å². The Kier molecular flexibility index (Phi) is 3.71. The minimum absolute atomic E-state index is 0.302. The normalized spacial score (nSPS) is 9.78. The zero-order valence-corrected chi connectivity index (χ0v) is 10.4. The number of rotatable bonds is 3. The van der Waals surface area contributed by atoms with Crippen LogP contribution in [-0.4, -0.2) is 0 Å². The first kappa shape index (κ1) is 12.3. The van der Waals surface area contributed by atoms with E-state index < -0.39 is 0 Å². The van der Waals surface area contributed by atoms with Gasteiger partial charge in [-0.15, -0.1) is 0 Å². The molecule has 90 valence electrons. The number of hydrogen-bond donors (Lipinski definition) is 2. The Morgan fingerprint density at radius 3 is 2.67 bits per heavy atom. The van der Waals surface area contributed by atoms with Gasteiger partial charge >= 0.3 is 0 Å². The maximum absolute atomic E-state index is 8.72. The number of nitrogens with two attached hydrogens (primary N) is 1. The number of hydrogen-bond acceptors (Lipinski definition) is 3. The lowest BCUT2D eigenvalue weighted by molar-refractivity contribution is 1.27. The van der Waals surface area contributed by atoms with Crippen molar-refractivity contribution in [2.45, 2.75) is 6.42 Å². The fraction of sp³-hybridized carbons (Fsp3) is 0.0714. The van der Waals surface area contributed by atoms with Gasteiger partial charge in [0, 0.05) is 22.1 Å². The molecule has 0 unspecified atom stereocenters. The maximum Gasteiger partial charge on any atom is 0.0670 e. The fourth-order valence-corrected chi connectivity index (χ4v) is 1.84. The zero-order chi connectivity index (χ0) is 13.0. The second kappa shape index (κ2) is 5.44. The van der Waals surface area contributed by atoms with Crippen molar-refractivity contribution in [3.63, 3.8) is 0 Å². The van der Waals surface area contributed by atoms with Gasteiger partial charge in [0.25, 0.3) is 0 Å². The number of nitriles is 1. The SMILES string of the molecule is N#CCc1cc(Nc2cccc(Cl)c2)ccc1N. The summed E-state index contributed by atoms with van der Waals surface area (Å²) in [7, 11) is 0. The maximum atomic E-state index is 8.72. The van der Waals surface area contributed by atoms with Crippen LogP contribution in [0.2, 0.25) is 5.02 Å². The van der Waals surface area contributed by atoms with Crippen LogP contribution in [0.1, 0.15) is 5.56 Å². The number of nitrogens with zero attached hydrogens (tertiary/aromatic N) is 1. The Balaban J connectivity index is 2.24. The summed E-state index contributed by atoms with van der Waals surface area (Å²) in [5.74, 6) is 0. The molecule has 18 heavy (non-hydrogen) atoms. The number of benzene rings is 2. The molecule has 3 nitrogen and oxygen atoms in total. The lowest BCUT2D eigenvalue weighted by atomic mass is 10.1. The molecule has 0 aliphatic carbocycles. The van der Waals surface area contributed by atoms with Crippen molar-refractivity contribution >= 4 is 28.7 Å². The van der Waals surface area contributed by atoms with E-state index in [0.717, 1.165) is 16.9 Å². The molecule has 4 heteroatoms. The topological polar surface area (TPSA) is 61.8 Å². The predicted molar refractivity (Wildman–Crippen MR) is 74.9 cm³/mol. The van der Waals surface area contributed by atoms with Gasteiger partial charge in [0.2, 0.25) is 0 Å². The smallest absolute Gasteiger partial charge is 0.0670 e. The molecule has 0 aliphatic heterocycles. The quantitative estimate of drug-likeness (QED) is 0.824. The molecule has 0 aliphatic rings. The van der Waals surface area contributed by atoms with Crippen molar-refractivity contribution in [2.24, 2.45) is 0 Å². The highest BCUT2D eigenvalue weighted by Crippen LogP contribution is 2.23. The first-order valence-corrected chi connectivity index (χ1v) is 5.85. The zero-order valence-electron chi connectivity index (χ0n) is 9.65. The van der Waals surface area contributed by atoms with Crippen LogP contribution in [0.5, 0.6) is 0 Å². The molecule has 0 amide bonds. The van der Waals surface area contributed by atoms with Crippen molar-refractivity contribution in [3.05, 3.63) is 53.1 Å². The Labute approximate surface area is 111 Å². The monoisotopic (exact) mass is 257 g/mol. The van der Waals surface area contributed by atoms with Crippen molar-refractivity contribution < 1.29 is 0 Å². The minimum atomic E-state index is 0.302. The van der Waals surface area contributed by atoms with E-state index >= 15 is 0 Å². The fourth-order valence-electron chi connectivity index (χ4n) is 1.65. The van der Waals surface area contributed by atoms with Gasteiger partial charge in [-0.05, 0) is 42.0 Å². The second-order valence-corrected chi connectivity index (χ2v) is 4.32. The molecule has 0 bridgehead atoms. The van der Waals surface area contributed by atoms with Crippen molar-refractivity contribution in [2.75, 3.05) is 11.1 Å². The van der Waals surface area contributed by atoms with Crippen LogP contribution in [0.25, 0.3) is 0 Å². The molecular formula is C14H12ClN3. The average Bonchev–Trinajstić information content (AvgIpc) is 2.34. The molecule has 0 saturated heterocycles. The van der Waals surface area contributed by atoms with Gasteiger partial charge in [0.15, 0.2) is 0 Å². The van der Waals surface area contributed by atoms with Crippen LogP contribution in [-0.2, 0) is 6.42 Å². The van der Waals surface area contributed by atoms with E-state index in [1.165, 1.54) is 0 Å². The average molecular weight is 258 g/mol. The summed E-state index contributed by atoms with van der Waals surface area (Å²) >= 11 is 5.91. The third kappa shape index (κ3) is 2.93. The van der Waals surface area contributed by atoms with Crippen LogP contribution in [0.15, 0.2) is 42.5 Å². The minimum Gasteiger partial charge on any atom is -0.398 e. The third-order valence-corrected chi connectivity index (χ3v) is 2.76. The molecule has 0 radical (unpaired) electrons. The van der Waals surface area contributed by atoms with E-state index in [1.54, 1.807) is 6.07 Å². The van der Waals surface area contributed by atoms with Gasteiger partial charge in [0.1, 0.15) is 0 Å². The van der Waals surface area contributed by atoms with Crippen molar-refractivity contribution in [1.82, 2.24) is 0 Å². The summed E-state index contributed by atoms with van der Waals surface area (Å²) in [5.41, 5.74) is 9.03. The lowest BCUT2D eigenvalue weighted by Crippen LogP contribution is -1.96. The van der Waals surface area contributed by atoms with Crippen molar-refractivity contribution in [3.8, 4) is 6.07 Å². The van der Waals surface area contributed by atoms with Crippen LogP contribution in [0, 0.1) is 11.3 Å². The first-order chi connectivity index (χ1) is 8.69. The number of anilines is 3. The Bertz CT molecular complexity index is 602. The number of nitrogens with one attached hydrogen (secondary N) is 1. The lowest BCUT2D eigenvalue weighted by Gasteiger charge is -2.09. The van der Waals surface area contributed by atoms with Gasteiger partial charge in [-0.3, -0.25) is 0 Å². The van der Waals surface area contributed by atoms with Gasteiger partial charge < -0.3 is 11.1 Å². The van der Waals surface area contributed by atoms with E-state index in [0.29, 0.717) is 17.1 Å². The molecule has 0 spiro atoms. The van der Waals surface area contributed by atoms with E-state index in [2.05, 4.69) is 11.4 Å². The van der Waals surface area contributed by atoms with Gasteiger partial charge in [0.05, 0.1) is 12.5 Å². The Morgan fingerprint density at radius 1 is 1.17 bits per heavy atom. The van der Waals surface area contributed by atoms with Crippen LogP contribution in [0.3, 0.4) is 0 Å². The second-order valence-electron chi connectivity index (χ2n) is 3.88. The number of halogens is 1. The predicted octanol–water partition coefficient (Wildman–Crippen LogP) is 3.73. The highest BCUT2D eigenvalue weighted by Gasteiger charge is 2.01. The first-order valence-electron chi connectivity index (χ1n) is 5.47. The third-order valence-electron chi connectivity index (χ3n) is 2.53. The van der Waals surface area contributed by atoms with E-state index in [4.69, 9.17) is 22.6 Å². The molecular weight excluding hydrogens is 246 g/mol. The molecule has 2 aromatic rings. The van der Waals surface area contributed by atoms with Crippen molar-refractivity contribution in [1.29, 1.82) is 5.26 Å². The summed E-state index contributed by atoms with van der Waals surface area (Å²) in [5, 5.41) is 12.6. The highest BCUT2D eigenvalue weighted by molar-refractivity contribution is 6.30. The molecule has 2 aromatic carbocycles. The summed E-state index contributed by atoms with van der Waals surface area (Å²) in [4.78, 5) is 0. The Hall–Kier alpha value is -2.18. The van der Waals surface area contributed by atoms with E-state index in [-0.39, 0.29) is 0 Å². The Morgan fingerprint density at radius 2 is 1.94 bits per heavy atom. The van der Waals surface area contributed by atoms with Gasteiger partial charge in [-0.25, -0.2) is 0 Å². The summed E-state index contributed by atoms with van der Waals surface area (Å²) in [6.45, 7) is 0. The number of nitrogen functional groups attached to an aromatic ring is 1. The standard InChI is InChI=1S/C14H12ClN3/c15-11-2-1-3-12(9-11)18-13-4-5-14(17)10(8-13)6-7-16/h1-5,8-9,18H,6,17H2. The molecule has 0 atom stereocenters. The van der Waals surface area contributed by atoms with Crippen LogP contribution in [0.4, 0.5) is 17.1 Å². The molecule has 3 N–H and O–H groups in total. The molecule has 0 fully saturated rings. The largest absolute Gasteiger partial charge is 0.398 e. The summed E-state index contributed by atoms with van der Waals surface area (Å²) in [6.07, 6.45) is 0.302. The molecule has 0 saturated carbocycles. The summed E-state index contributed by atoms with van der Waals surface area (Å²) < 4.78 is 0. The highest BCUT2D eigenvalue weighted by atomic mass is 35.5.